The molecule has 4 N–H and O–H groups in total. The number of carbonyl (C=O) groups excluding carboxylic acids is 2. The van der Waals surface area contributed by atoms with Gasteiger partial charge in [-0.1, -0.05) is 19.8 Å². The van der Waals surface area contributed by atoms with Gasteiger partial charge in [0.05, 0.1) is 12.0 Å². The molecule has 0 aromatic carbocycles. The predicted octanol–water partition coefficient (Wildman–Crippen LogP) is -0.162. The Morgan fingerprint density at radius 2 is 2.19 bits per heavy atom. The predicted molar refractivity (Wildman–Crippen MR) is 61.4 cm³/mol. The minimum Gasteiger partial charge on any atom is -0.369 e. The Bertz CT molecular complexity index is 268. The first-order valence-corrected chi connectivity index (χ1v) is 5.90. The Morgan fingerprint density at radius 1 is 1.50 bits per heavy atom. The molecule has 0 saturated carbocycles. The maximum atomic E-state index is 11.9. The van der Waals surface area contributed by atoms with Crippen molar-refractivity contribution in [1.82, 2.24) is 4.90 Å². The molecule has 5 heteroatoms. The van der Waals surface area contributed by atoms with E-state index in [-0.39, 0.29) is 17.7 Å². The molecule has 16 heavy (non-hydrogen) atoms. The summed E-state index contributed by atoms with van der Waals surface area (Å²) in [7, 11) is 0. The molecule has 1 heterocycles. The normalized spacial score (nSPS) is 22.1. The van der Waals surface area contributed by atoms with Crippen LogP contribution in [-0.2, 0) is 9.59 Å². The first-order chi connectivity index (χ1) is 7.56. The SMILES string of the molecule is CCCC[C@H](N)C(=O)N1CCC(C(N)=O)C1. The number of likely N-dealkylation sites (tertiary alicyclic amines) is 1. The zero-order chi connectivity index (χ0) is 12.1. The molecule has 0 spiro atoms. The zero-order valence-electron chi connectivity index (χ0n) is 9.82. The molecule has 1 saturated heterocycles. The second kappa shape index (κ2) is 5.84. The summed E-state index contributed by atoms with van der Waals surface area (Å²) in [6.07, 6.45) is 3.37. The second-order valence-electron chi connectivity index (χ2n) is 4.42. The third-order valence-corrected chi connectivity index (χ3v) is 3.09. The van der Waals surface area contributed by atoms with Crippen LogP contribution in [0.3, 0.4) is 0 Å². The molecule has 2 atom stereocenters. The fraction of sp³-hybridized carbons (Fsp3) is 0.818. The highest BCUT2D eigenvalue weighted by atomic mass is 16.2. The number of hydrogen-bond acceptors (Lipinski definition) is 3. The fourth-order valence-corrected chi connectivity index (χ4v) is 1.97. The summed E-state index contributed by atoms with van der Waals surface area (Å²) in [6.45, 7) is 3.11. The van der Waals surface area contributed by atoms with E-state index in [9.17, 15) is 9.59 Å². The second-order valence-corrected chi connectivity index (χ2v) is 4.42. The molecule has 92 valence electrons. The molecule has 2 amide bonds. The van der Waals surface area contributed by atoms with Gasteiger partial charge in [0.15, 0.2) is 0 Å². The van der Waals surface area contributed by atoms with Crippen LogP contribution >= 0.6 is 0 Å². The van der Waals surface area contributed by atoms with Crippen LogP contribution in [0.2, 0.25) is 0 Å². The van der Waals surface area contributed by atoms with Crippen molar-refractivity contribution in [2.75, 3.05) is 13.1 Å². The van der Waals surface area contributed by atoms with Crippen LogP contribution < -0.4 is 11.5 Å². The summed E-state index contributed by atoms with van der Waals surface area (Å²) in [5.74, 6) is -0.558. The molecular weight excluding hydrogens is 206 g/mol. The molecule has 1 unspecified atom stereocenters. The van der Waals surface area contributed by atoms with Gasteiger partial charge in [-0.2, -0.15) is 0 Å². The van der Waals surface area contributed by atoms with Crippen molar-refractivity contribution in [2.45, 2.75) is 38.6 Å². The topological polar surface area (TPSA) is 89.4 Å². The maximum absolute atomic E-state index is 11.9. The standard InChI is InChI=1S/C11H21N3O2/c1-2-3-4-9(12)11(16)14-6-5-8(7-14)10(13)15/h8-9H,2-7,12H2,1H3,(H2,13,15)/t8?,9-/m0/s1. The van der Waals surface area contributed by atoms with E-state index in [4.69, 9.17) is 11.5 Å². The lowest BCUT2D eigenvalue weighted by Gasteiger charge is -2.20. The van der Waals surface area contributed by atoms with Crippen LogP contribution in [0, 0.1) is 5.92 Å². The van der Waals surface area contributed by atoms with Crippen LogP contribution in [0.5, 0.6) is 0 Å². The minimum absolute atomic E-state index is 0.0443. The number of hydrogen-bond donors (Lipinski definition) is 2. The number of carbonyl (C=O) groups is 2. The highest BCUT2D eigenvalue weighted by Crippen LogP contribution is 2.17. The summed E-state index contributed by atoms with van der Waals surface area (Å²) in [5, 5.41) is 0. The number of primary amides is 1. The van der Waals surface area contributed by atoms with E-state index < -0.39 is 6.04 Å². The molecule has 0 aromatic rings. The van der Waals surface area contributed by atoms with Gasteiger partial charge in [-0.25, -0.2) is 0 Å². The molecule has 0 bridgehead atoms. The molecule has 1 aliphatic rings. The third-order valence-electron chi connectivity index (χ3n) is 3.09. The van der Waals surface area contributed by atoms with Crippen LogP contribution in [0.1, 0.15) is 32.6 Å². The van der Waals surface area contributed by atoms with Gasteiger partial charge in [0, 0.05) is 13.1 Å². The first-order valence-electron chi connectivity index (χ1n) is 5.90. The van der Waals surface area contributed by atoms with Crippen molar-refractivity contribution in [1.29, 1.82) is 0 Å². The smallest absolute Gasteiger partial charge is 0.239 e. The summed E-state index contributed by atoms with van der Waals surface area (Å²) in [4.78, 5) is 24.5. The highest BCUT2D eigenvalue weighted by molar-refractivity contribution is 5.84. The van der Waals surface area contributed by atoms with Crippen molar-refractivity contribution < 1.29 is 9.59 Å². The van der Waals surface area contributed by atoms with E-state index >= 15 is 0 Å². The van der Waals surface area contributed by atoms with Gasteiger partial charge in [0.1, 0.15) is 0 Å². The minimum atomic E-state index is -0.424. The van der Waals surface area contributed by atoms with Gasteiger partial charge in [0.25, 0.3) is 0 Å². The molecule has 5 nitrogen and oxygen atoms in total. The average molecular weight is 227 g/mol. The lowest BCUT2D eigenvalue weighted by Crippen LogP contribution is -2.43. The first kappa shape index (κ1) is 13.0. The quantitative estimate of drug-likeness (QED) is 0.683. The molecule has 0 radical (unpaired) electrons. The van der Waals surface area contributed by atoms with E-state index in [0.29, 0.717) is 25.9 Å². The molecule has 0 aliphatic carbocycles. The number of nitrogens with two attached hydrogens (primary N) is 2. The van der Waals surface area contributed by atoms with Crippen molar-refractivity contribution in [2.24, 2.45) is 17.4 Å². The van der Waals surface area contributed by atoms with Gasteiger partial charge < -0.3 is 16.4 Å². The van der Waals surface area contributed by atoms with Gasteiger partial charge in [-0.05, 0) is 12.8 Å². The molecule has 1 aliphatic heterocycles. The van der Waals surface area contributed by atoms with E-state index in [0.717, 1.165) is 12.8 Å². The van der Waals surface area contributed by atoms with Crippen LogP contribution in [0.4, 0.5) is 0 Å². The number of unbranched alkanes of at least 4 members (excludes halogenated alkanes) is 1. The van der Waals surface area contributed by atoms with Crippen LogP contribution in [-0.4, -0.2) is 35.8 Å². The Morgan fingerprint density at radius 3 is 2.69 bits per heavy atom. The molecule has 1 rings (SSSR count). The van der Waals surface area contributed by atoms with Gasteiger partial charge in [-0.3, -0.25) is 9.59 Å². The van der Waals surface area contributed by atoms with Crippen molar-refractivity contribution >= 4 is 11.8 Å². The Kier molecular flexibility index (Phi) is 4.73. The summed E-state index contributed by atoms with van der Waals surface area (Å²) >= 11 is 0. The van der Waals surface area contributed by atoms with Crippen LogP contribution in [0.25, 0.3) is 0 Å². The lowest BCUT2D eigenvalue weighted by molar-refractivity contribution is -0.132. The number of rotatable bonds is 5. The Hall–Kier alpha value is -1.10. The van der Waals surface area contributed by atoms with Crippen LogP contribution in [0.15, 0.2) is 0 Å². The average Bonchev–Trinajstić information content (AvgIpc) is 2.74. The maximum Gasteiger partial charge on any atom is 0.239 e. The summed E-state index contributed by atoms with van der Waals surface area (Å²) in [5.41, 5.74) is 11.0. The van der Waals surface area contributed by atoms with E-state index in [2.05, 4.69) is 6.92 Å². The molecule has 0 aromatic heterocycles. The summed E-state index contributed by atoms with van der Waals surface area (Å²) in [6, 6.07) is -0.424. The monoisotopic (exact) mass is 227 g/mol. The fourth-order valence-electron chi connectivity index (χ4n) is 1.97. The Labute approximate surface area is 96.1 Å². The van der Waals surface area contributed by atoms with Crippen molar-refractivity contribution in [3.63, 3.8) is 0 Å². The zero-order valence-corrected chi connectivity index (χ0v) is 9.82. The largest absolute Gasteiger partial charge is 0.369 e. The van der Waals surface area contributed by atoms with Crippen molar-refractivity contribution in [3.05, 3.63) is 0 Å². The van der Waals surface area contributed by atoms with Crippen molar-refractivity contribution in [3.8, 4) is 0 Å². The third kappa shape index (κ3) is 3.20. The molecule has 1 fully saturated rings. The van der Waals surface area contributed by atoms with E-state index in [1.54, 1.807) is 4.90 Å². The van der Waals surface area contributed by atoms with E-state index in [1.807, 2.05) is 0 Å². The Balaban J connectivity index is 2.41. The van der Waals surface area contributed by atoms with E-state index in [1.165, 1.54) is 0 Å². The van der Waals surface area contributed by atoms with Gasteiger partial charge in [-0.15, -0.1) is 0 Å². The van der Waals surface area contributed by atoms with Gasteiger partial charge >= 0.3 is 0 Å². The lowest BCUT2D eigenvalue weighted by atomic mass is 10.1. The number of nitrogens with zero attached hydrogens (tertiary/aromatic N) is 1. The number of amides is 2. The van der Waals surface area contributed by atoms with Gasteiger partial charge in [0.2, 0.25) is 11.8 Å². The summed E-state index contributed by atoms with van der Waals surface area (Å²) < 4.78 is 0. The molecular formula is C11H21N3O2. The highest BCUT2D eigenvalue weighted by Gasteiger charge is 2.31.